The number of hydrogen-bond acceptors (Lipinski definition) is 2. The van der Waals surface area contributed by atoms with Gasteiger partial charge in [-0.05, 0) is 43.5 Å². The van der Waals surface area contributed by atoms with Gasteiger partial charge in [0.25, 0.3) is 0 Å². The Morgan fingerprint density at radius 1 is 1.19 bits per heavy atom. The summed E-state index contributed by atoms with van der Waals surface area (Å²) in [5.74, 6) is -1.05. The van der Waals surface area contributed by atoms with Crippen molar-refractivity contribution in [3.05, 3.63) is 53.6 Å². The first kappa shape index (κ1) is 14.2. The van der Waals surface area contributed by atoms with Gasteiger partial charge in [-0.2, -0.15) is 0 Å². The third-order valence-corrected chi connectivity index (χ3v) is 3.98. The van der Waals surface area contributed by atoms with Crippen LogP contribution in [0.4, 0.5) is 8.78 Å². The van der Waals surface area contributed by atoms with E-state index >= 15 is 0 Å². The van der Waals surface area contributed by atoms with E-state index in [4.69, 9.17) is 0 Å². The molecule has 0 radical (unpaired) electrons. The average Bonchev–Trinajstić information content (AvgIpc) is 2.93. The molecule has 2 aromatic rings. The first-order valence-electron chi connectivity index (χ1n) is 7.41. The number of aromatic nitrogens is 2. The predicted octanol–water partition coefficient (Wildman–Crippen LogP) is 3.22. The monoisotopic (exact) mass is 291 g/mol. The zero-order valence-corrected chi connectivity index (χ0v) is 11.9. The van der Waals surface area contributed by atoms with E-state index in [0.717, 1.165) is 24.7 Å². The van der Waals surface area contributed by atoms with Crippen molar-refractivity contribution in [3.63, 3.8) is 0 Å². The molecular weight excluding hydrogens is 272 g/mol. The third kappa shape index (κ3) is 3.47. The van der Waals surface area contributed by atoms with Crippen LogP contribution < -0.4 is 5.32 Å². The van der Waals surface area contributed by atoms with Crippen molar-refractivity contribution in [1.82, 2.24) is 14.9 Å². The minimum Gasteiger partial charge on any atom is -0.333 e. The Morgan fingerprint density at radius 2 is 2.00 bits per heavy atom. The topological polar surface area (TPSA) is 29.9 Å². The molecule has 0 saturated carbocycles. The van der Waals surface area contributed by atoms with Gasteiger partial charge < -0.3 is 9.88 Å². The third-order valence-electron chi connectivity index (χ3n) is 3.98. The highest BCUT2D eigenvalue weighted by molar-refractivity contribution is 5.18. The molecule has 1 atom stereocenters. The lowest BCUT2D eigenvalue weighted by atomic mass is 10.0. The first-order chi connectivity index (χ1) is 10.2. The molecule has 2 heterocycles. The lowest BCUT2D eigenvalue weighted by Crippen LogP contribution is -2.28. The summed E-state index contributed by atoms with van der Waals surface area (Å²) in [6, 6.07) is 4.01. The van der Waals surface area contributed by atoms with E-state index in [0.29, 0.717) is 24.6 Å². The molecule has 1 saturated heterocycles. The van der Waals surface area contributed by atoms with Gasteiger partial charge in [0.2, 0.25) is 0 Å². The van der Waals surface area contributed by atoms with Crippen molar-refractivity contribution in [2.75, 3.05) is 6.54 Å². The number of piperidine rings is 1. The Balaban J connectivity index is 1.69. The number of halogens is 2. The van der Waals surface area contributed by atoms with Crippen LogP contribution in [0, 0.1) is 11.6 Å². The summed E-state index contributed by atoms with van der Waals surface area (Å²) < 4.78 is 28.5. The molecule has 0 spiro atoms. The van der Waals surface area contributed by atoms with Crippen LogP contribution >= 0.6 is 0 Å². The highest BCUT2D eigenvalue weighted by Gasteiger charge is 2.18. The molecule has 5 heteroatoms. The molecular formula is C16H19F2N3. The molecule has 0 aliphatic carbocycles. The minimum absolute atomic E-state index is 0.338. The summed E-state index contributed by atoms with van der Waals surface area (Å²) in [6.45, 7) is 1.71. The maximum atomic E-state index is 13.2. The fraction of sp³-hybridized carbons (Fsp3) is 0.438. The fourth-order valence-corrected chi connectivity index (χ4v) is 2.92. The number of hydrogen-bond donors (Lipinski definition) is 1. The van der Waals surface area contributed by atoms with E-state index < -0.39 is 11.6 Å². The summed E-state index contributed by atoms with van der Waals surface area (Å²) >= 11 is 0. The highest BCUT2D eigenvalue weighted by Crippen LogP contribution is 2.22. The van der Waals surface area contributed by atoms with E-state index in [1.807, 2.05) is 6.20 Å². The van der Waals surface area contributed by atoms with Gasteiger partial charge in [-0.3, -0.25) is 0 Å². The van der Waals surface area contributed by atoms with E-state index in [9.17, 15) is 8.78 Å². The van der Waals surface area contributed by atoms with Crippen LogP contribution in [0.25, 0.3) is 0 Å². The second-order valence-corrected chi connectivity index (χ2v) is 5.54. The van der Waals surface area contributed by atoms with E-state index in [-0.39, 0.29) is 0 Å². The quantitative estimate of drug-likeness (QED) is 0.937. The standard InChI is InChI=1S/C16H19F2N3/c17-13-7-12(8-14(18)9-13)4-6-21-11-19-10-16(21)15-3-1-2-5-20-15/h7-11,15,20H,1-6H2. The van der Waals surface area contributed by atoms with Crippen molar-refractivity contribution in [2.24, 2.45) is 0 Å². The normalized spacial score (nSPS) is 18.9. The van der Waals surface area contributed by atoms with Gasteiger partial charge >= 0.3 is 0 Å². The molecule has 1 unspecified atom stereocenters. The van der Waals surface area contributed by atoms with Crippen LogP contribution in [0.5, 0.6) is 0 Å². The Morgan fingerprint density at radius 3 is 2.71 bits per heavy atom. The molecule has 1 aromatic heterocycles. The van der Waals surface area contributed by atoms with Gasteiger partial charge in [0.15, 0.2) is 0 Å². The van der Waals surface area contributed by atoms with E-state index in [1.54, 1.807) is 6.33 Å². The molecule has 21 heavy (non-hydrogen) atoms. The van der Waals surface area contributed by atoms with Gasteiger partial charge in [0.1, 0.15) is 11.6 Å². The lowest BCUT2D eigenvalue weighted by molar-refractivity contribution is 0.393. The molecule has 1 aliphatic rings. The van der Waals surface area contributed by atoms with Gasteiger partial charge in [0.05, 0.1) is 12.0 Å². The maximum Gasteiger partial charge on any atom is 0.126 e. The largest absolute Gasteiger partial charge is 0.333 e. The van der Waals surface area contributed by atoms with Crippen molar-refractivity contribution in [1.29, 1.82) is 0 Å². The van der Waals surface area contributed by atoms with Crippen LogP contribution in [0.15, 0.2) is 30.7 Å². The van der Waals surface area contributed by atoms with Crippen molar-refractivity contribution < 1.29 is 8.78 Å². The SMILES string of the molecule is Fc1cc(F)cc(CCn2cncc2C2CCCCN2)c1. The molecule has 1 fully saturated rings. The summed E-state index contributed by atoms with van der Waals surface area (Å²) in [6.07, 6.45) is 7.81. The van der Waals surface area contributed by atoms with Gasteiger partial charge in [-0.1, -0.05) is 6.42 Å². The molecule has 3 rings (SSSR count). The van der Waals surface area contributed by atoms with Gasteiger partial charge in [-0.25, -0.2) is 13.8 Å². The van der Waals surface area contributed by atoms with Crippen molar-refractivity contribution in [2.45, 2.75) is 38.3 Å². The number of aryl methyl sites for hydroxylation is 2. The number of imidazole rings is 1. The molecule has 1 aromatic carbocycles. The molecule has 112 valence electrons. The summed E-state index contributed by atoms with van der Waals surface area (Å²) in [7, 11) is 0. The smallest absolute Gasteiger partial charge is 0.126 e. The van der Waals surface area contributed by atoms with Crippen LogP contribution in [0.1, 0.15) is 36.6 Å². The molecule has 0 bridgehead atoms. The summed E-state index contributed by atoms with van der Waals surface area (Å²) in [5.41, 5.74) is 1.83. The number of nitrogens with one attached hydrogen (secondary N) is 1. The highest BCUT2D eigenvalue weighted by atomic mass is 19.1. The molecule has 1 N–H and O–H groups in total. The Bertz CT molecular complexity index is 583. The molecule has 3 nitrogen and oxygen atoms in total. The Hall–Kier alpha value is -1.75. The Kier molecular flexibility index (Phi) is 4.29. The van der Waals surface area contributed by atoms with E-state index in [2.05, 4.69) is 14.9 Å². The fourth-order valence-electron chi connectivity index (χ4n) is 2.92. The molecule has 0 amide bonds. The van der Waals surface area contributed by atoms with Crippen LogP contribution in [0.2, 0.25) is 0 Å². The number of benzene rings is 1. The zero-order chi connectivity index (χ0) is 14.7. The van der Waals surface area contributed by atoms with Gasteiger partial charge in [0, 0.05) is 24.8 Å². The zero-order valence-electron chi connectivity index (χ0n) is 11.9. The second kappa shape index (κ2) is 6.35. The van der Waals surface area contributed by atoms with Crippen molar-refractivity contribution >= 4 is 0 Å². The van der Waals surface area contributed by atoms with Crippen LogP contribution in [-0.2, 0) is 13.0 Å². The van der Waals surface area contributed by atoms with E-state index in [1.165, 1.54) is 25.0 Å². The number of rotatable bonds is 4. The Labute approximate surface area is 123 Å². The maximum absolute atomic E-state index is 13.2. The summed E-state index contributed by atoms with van der Waals surface area (Å²) in [4.78, 5) is 4.22. The summed E-state index contributed by atoms with van der Waals surface area (Å²) in [5, 5.41) is 3.50. The van der Waals surface area contributed by atoms with Crippen LogP contribution in [-0.4, -0.2) is 16.1 Å². The molecule has 1 aliphatic heterocycles. The predicted molar refractivity (Wildman–Crippen MR) is 76.9 cm³/mol. The van der Waals surface area contributed by atoms with Crippen molar-refractivity contribution in [3.8, 4) is 0 Å². The first-order valence-corrected chi connectivity index (χ1v) is 7.41. The average molecular weight is 291 g/mol. The minimum atomic E-state index is -0.523. The van der Waals surface area contributed by atoms with Crippen LogP contribution in [0.3, 0.4) is 0 Å². The van der Waals surface area contributed by atoms with Gasteiger partial charge in [-0.15, -0.1) is 0 Å². The number of nitrogens with zero attached hydrogens (tertiary/aromatic N) is 2. The second-order valence-electron chi connectivity index (χ2n) is 5.54. The lowest BCUT2D eigenvalue weighted by Gasteiger charge is -2.24.